The van der Waals surface area contributed by atoms with Gasteiger partial charge in [0.1, 0.15) is 0 Å². The minimum absolute atomic E-state index is 0.190. The third kappa shape index (κ3) is 3.40. The maximum absolute atomic E-state index is 10.5. The van der Waals surface area contributed by atoms with Gasteiger partial charge in [-0.2, -0.15) is 0 Å². The predicted octanol–water partition coefficient (Wildman–Crippen LogP) is 3.98. The highest BCUT2D eigenvalue weighted by molar-refractivity contribution is 9.10. The molecule has 5 heteroatoms. The molecule has 3 nitrogen and oxygen atoms in total. The summed E-state index contributed by atoms with van der Waals surface area (Å²) < 4.78 is 1.03. The zero-order valence-corrected chi connectivity index (χ0v) is 12.0. The van der Waals surface area contributed by atoms with Crippen LogP contribution in [0, 0.1) is 0 Å². The number of aromatic nitrogens is 1. The van der Waals surface area contributed by atoms with Crippen LogP contribution in [0.1, 0.15) is 18.5 Å². The van der Waals surface area contributed by atoms with Crippen molar-refractivity contribution >= 4 is 33.2 Å². The van der Waals surface area contributed by atoms with Crippen molar-refractivity contribution in [2.45, 2.75) is 19.3 Å². The highest BCUT2D eigenvalue weighted by atomic mass is 79.9. The number of carboxylic acid groups (broad SMARTS) is 1. The lowest BCUT2D eigenvalue weighted by atomic mass is 10.1. The number of aliphatic carboxylic acids is 1. The summed E-state index contributed by atoms with van der Waals surface area (Å²) in [5.41, 5.74) is 3.92. The first-order valence-electron chi connectivity index (χ1n) is 5.57. The number of halogens is 1. The van der Waals surface area contributed by atoms with Gasteiger partial charge in [-0.25, -0.2) is 4.98 Å². The van der Waals surface area contributed by atoms with E-state index in [0.29, 0.717) is 12.8 Å². The van der Waals surface area contributed by atoms with Crippen LogP contribution in [0.3, 0.4) is 0 Å². The molecule has 0 saturated carbocycles. The molecule has 0 aliphatic carbocycles. The van der Waals surface area contributed by atoms with E-state index >= 15 is 0 Å². The molecule has 1 N–H and O–H groups in total. The van der Waals surface area contributed by atoms with Crippen LogP contribution >= 0.6 is 27.3 Å². The van der Waals surface area contributed by atoms with E-state index in [1.54, 1.807) is 11.3 Å². The normalized spacial score (nSPS) is 10.5. The van der Waals surface area contributed by atoms with E-state index in [1.807, 2.05) is 29.8 Å². The summed E-state index contributed by atoms with van der Waals surface area (Å²) in [5.74, 6) is -0.755. The third-order valence-corrected chi connectivity index (χ3v) is 3.94. The van der Waals surface area contributed by atoms with Gasteiger partial charge in [0.25, 0.3) is 0 Å². The Kier molecular flexibility index (Phi) is 4.49. The van der Waals surface area contributed by atoms with Crippen LogP contribution in [-0.4, -0.2) is 16.1 Å². The molecule has 18 heavy (non-hydrogen) atoms. The lowest BCUT2D eigenvalue weighted by molar-refractivity contribution is -0.137. The number of benzene rings is 1. The first-order valence-corrected chi connectivity index (χ1v) is 7.24. The van der Waals surface area contributed by atoms with Crippen LogP contribution in [0.2, 0.25) is 0 Å². The maximum atomic E-state index is 10.5. The van der Waals surface area contributed by atoms with Crippen molar-refractivity contribution in [3.05, 3.63) is 39.9 Å². The molecule has 0 fully saturated rings. The maximum Gasteiger partial charge on any atom is 0.303 e. The molecule has 0 amide bonds. The third-order valence-electron chi connectivity index (χ3n) is 2.53. The van der Waals surface area contributed by atoms with E-state index in [9.17, 15) is 4.79 Å². The molecule has 0 radical (unpaired) electrons. The molecule has 0 saturated heterocycles. The van der Waals surface area contributed by atoms with Gasteiger partial charge in [-0.1, -0.05) is 28.1 Å². The molecular formula is C13H12BrNO2S. The average molecular weight is 326 g/mol. The molecule has 0 aliphatic heterocycles. The molecule has 1 heterocycles. The van der Waals surface area contributed by atoms with Gasteiger partial charge in [0.2, 0.25) is 0 Å². The molecule has 1 aromatic carbocycles. The Morgan fingerprint density at radius 1 is 1.44 bits per heavy atom. The van der Waals surface area contributed by atoms with Crippen LogP contribution in [0.15, 0.2) is 34.2 Å². The minimum atomic E-state index is -0.755. The SMILES string of the molecule is O=C(O)CCCc1ncsc1-c1cccc(Br)c1. The number of carboxylic acids is 1. The molecule has 0 spiro atoms. The standard InChI is InChI=1S/C13H12BrNO2S/c14-10-4-1-3-9(7-10)13-11(15-8-18-13)5-2-6-12(16)17/h1,3-4,7-8H,2,5-6H2,(H,16,17). The fourth-order valence-electron chi connectivity index (χ4n) is 1.72. The number of nitrogens with zero attached hydrogens (tertiary/aromatic N) is 1. The summed E-state index contributed by atoms with van der Waals surface area (Å²) in [7, 11) is 0. The number of aryl methyl sites for hydroxylation is 1. The van der Waals surface area contributed by atoms with Gasteiger partial charge in [-0.3, -0.25) is 4.79 Å². The lowest BCUT2D eigenvalue weighted by Crippen LogP contribution is -1.96. The van der Waals surface area contributed by atoms with Crippen molar-refractivity contribution in [3.8, 4) is 10.4 Å². The van der Waals surface area contributed by atoms with E-state index < -0.39 is 5.97 Å². The summed E-state index contributed by atoms with van der Waals surface area (Å²) >= 11 is 5.04. The van der Waals surface area contributed by atoms with E-state index in [0.717, 1.165) is 20.6 Å². The number of thiazole rings is 1. The largest absolute Gasteiger partial charge is 0.481 e. The molecule has 1 aromatic heterocycles. The fourth-order valence-corrected chi connectivity index (χ4v) is 2.96. The second-order valence-electron chi connectivity index (χ2n) is 3.89. The minimum Gasteiger partial charge on any atom is -0.481 e. The summed E-state index contributed by atoms with van der Waals surface area (Å²) in [6.45, 7) is 0. The van der Waals surface area contributed by atoms with E-state index in [1.165, 1.54) is 0 Å². The Morgan fingerprint density at radius 3 is 3.00 bits per heavy atom. The molecular weight excluding hydrogens is 314 g/mol. The van der Waals surface area contributed by atoms with Gasteiger partial charge < -0.3 is 5.11 Å². The fraction of sp³-hybridized carbons (Fsp3) is 0.231. The quantitative estimate of drug-likeness (QED) is 0.904. The monoisotopic (exact) mass is 325 g/mol. The summed E-state index contributed by atoms with van der Waals surface area (Å²) in [4.78, 5) is 16.0. The molecule has 0 atom stereocenters. The first kappa shape index (κ1) is 13.2. The summed E-state index contributed by atoms with van der Waals surface area (Å²) in [6.07, 6.45) is 1.52. The Bertz CT molecular complexity index is 553. The van der Waals surface area contributed by atoms with Crippen molar-refractivity contribution in [2.24, 2.45) is 0 Å². The Hall–Kier alpha value is -1.20. The molecule has 0 unspecified atom stereocenters. The van der Waals surface area contributed by atoms with Crippen LogP contribution in [0.25, 0.3) is 10.4 Å². The molecule has 2 aromatic rings. The van der Waals surface area contributed by atoms with Gasteiger partial charge in [0.05, 0.1) is 16.1 Å². The number of carbonyl (C=O) groups is 1. The topological polar surface area (TPSA) is 50.2 Å². The van der Waals surface area contributed by atoms with Crippen LogP contribution in [0.5, 0.6) is 0 Å². The van der Waals surface area contributed by atoms with Gasteiger partial charge in [-0.05, 0) is 30.5 Å². The number of rotatable bonds is 5. The zero-order chi connectivity index (χ0) is 13.0. The van der Waals surface area contributed by atoms with Crippen molar-refractivity contribution in [3.63, 3.8) is 0 Å². The van der Waals surface area contributed by atoms with E-state index in [2.05, 4.69) is 20.9 Å². The second kappa shape index (κ2) is 6.11. The van der Waals surface area contributed by atoms with Crippen molar-refractivity contribution in [1.29, 1.82) is 0 Å². The highest BCUT2D eigenvalue weighted by Gasteiger charge is 2.09. The molecule has 2 rings (SSSR count). The second-order valence-corrected chi connectivity index (χ2v) is 5.66. The van der Waals surface area contributed by atoms with E-state index in [-0.39, 0.29) is 6.42 Å². The van der Waals surface area contributed by atoms with Crippen LogP contribution in [-0.2, 0) is 11.2 Å². The van der Waals surface area contributed by atoms with Crippen molar-refractivity contribution in [1.82, 2.24) is 4.98 Å². The van der Waals surface area contributed by atoms with Gasteiger partial charge in [0, 0.05) is 10.9 Å². The van der Waals surface area contributed by atoms with Gasteiger partial charge in [-0.15, -0.1) is 11.3 Å². The first-order chi connectivity index (χ1) is 8.66. The average Bonchev–Trinajstić information content (AvgIpc) is 2.77. The van der Waals surface area contributed by atoms with Gasteiger partial charge in [0.15, 0.2) is 0 Å². The highest BCUT2D eigenvalue weighted by Crippen LogP contribution is 2.30. The number of hydrogen-bond acceptors (Lipinski definition) is 3. The molecule has 0 bridgehead atoms. The predicted molar refractivity (Wildman–Crippen MR) is 75.8 cm³/mol. The van der Waals surface area contributed by atoms with E-state index in [4.69, 9.17) is 5.11 Å². The Labute approximate surface area is 118 Å². The molecule has 94 valence electrons. The van der Waals surface area contributed by atoms with Crippen molar-refractivity contribution in [2.75, 3.05) is 0 Å². The smallest absolute Gasteiger partial charge is 0.303 e. The summed E-state index contributed by atoms with van der Waals surface area (Å²) in [6, 6.07) is 8.06. The van der Waals surface area contributed by atoms with Crippen LogP contribution in [0.4, 0.5) is 0 Å². The Morgan fingerprint density at radius 2 is 2.28 bits per heavy atom. The Balaban J connectivity index is 2.15. The zero-order valence-electron chi connectivity index (χ0n) is 9.60. The summed E-state index contributed by atoms with van der Waals surface area (Å²) in [5, 5.41) is 8.64. The van der Waals surface area contributed by atoms with Crippen molar-refractivity contribution < 1.29 is 9.90 Å². The number of hydrogen-bond donors (Lipinski definition) is 1. The molecule has 0 aliphatic rings. The lowest BCUT2D eigenvalue weighted by Gasteiger charge is -2.02. The van der Waals surface area contributed by atoms with Gasteiger partial charge >= 0.3 is 5.97 Å². The van der Waals surface area contributed by atoms with Crippen LogP contribution < -0.4 is 0 Å².